The first-order chi connectivity index (χ1) is 14.6. The van der Waals surface area contributed by atoms with Gasteiger partial charge in [-0.2, -0.15) is 5.26 Å². The molecular weight excluding hydrogens is 382 g/mol. The number of carbonyl (C=O) groups excluding carboxylic acids is 2. The molecule has 0 aromatic heterocycles. The first kappa shape index (κ1) is 19.5. The average Bonchev–Trinajstić information content (AvgIpc) is 3.25. The van der Waals surface area contributed by atoms with Crippen LogP contribution in [0.3, 0.4) is 0 Å². The number of nitrogens with one attached hydrogen (secondary N) is 1. The van der Waals surface area contributed by atoms with E-state index in [0.29, 0.717) is 54.2 Å². The number of piperidine rings is 1. The summed E-state index contributed by atoms with van der Waals surface area (Å²) in [5, 5.41) is 12.1. The standard InChI is InChI=1S/C23H21N3O4/c24-14-18-4-2-1-3-16(18)5-8-22(27)26-11-9-17(10-12-26)23(28)25-19-6-7-20-21(13-19)30-15-29-20/h1-8,13,17H,9-12,15H2,(H,25,28)/b8-5+. The lowest BCUT2D eigenvalue weighted by Crippen LogP contribution is -2.40. The molecule has 1 fully saturated rings. The largest absolute Gasteiger partial charge is 0.454 e. The number of benzene rings is 2. The lowest BCUT2D eigenvalue weighted by Gasteiger charge is -2.30. The van der Waals surface area contributed by atoms with Gasteiger partial charge in [0.15, 0.2) is 11.5 Å². The molecule has 0 aliphatic carbocycles. The first-order valence-electron chi connectivity index (χ1n) is 9.80. The minimum absolute atomic E-state index is 0.0561. The number of hydrogen-bond acceptors (Lipinski definition) is 5. The predicted octanol–water partition coefficient (Wildman–Crippen LogP) is 3.18. The zero-order valence-electron chi connectivity index (χ0n) is 16.3. The lowest BCUT2D eigenvalue weighted by molar-refractivity contribution is -0.130. The third-order valence-corrected chi connectivity index (χ3v) is 5.30. The second-order valence-electron chi connectivity index (χ2n) is 7.19. The SMILES string of the molecule is N#Cc1ccccc1/C=C/C(=O)N1CCC(C(=O)Nc2ccc3c(c2)OCO3)CC1. The van der Waals surface area contributed by atoms with Crippen molar-refractivity contribution < 1.29 is 19.1 Å². The van der Waals surface area contributed by atoms with Crippen molar-refractivity contribution in [1.82, 2.24) is 4.90 Å². The van der Waals surface area contributed by atoms with E-state index in [0.717, 1.165) is 0 Å². The minimum atomic E-state index is -0.150. The van der Waals surface area contributed by atoms with Crippen LogP contribution in [0.2, 0.25) is 0 Å². The summed E-state index contributed by atoms with van der Waals surface area (Å²) in [6.07, 6.45) is 4.36. The van der Waals surface area contributed by atoms with Crippen LogP contribution in [0.1, 0.15) is 24.0 Å². The number of nitrogens with zero attached hydrogens (tertiary/aromatic N) is 2. The van der Waals surface area contributed by atoms with Gasteiger partial charge in [0.2, 0.25) is 18.6 Å². The molecule has 0 unspecified atom stereocenters. The monoisotopic (exact) mass is 403 g/mol. The molecule has 0 radical (unpaired) electrons. The summed E-state index contributed by atoms with van der Waals surface area (Å²) in [7, 11) is 0. The smallest absolute Gasteiger partial charge is 0.246 e. The number of ether oxygens (including phenoxy) is 2. The molecule has 4 rings (SSSR count). The summed E-state index contributed by atoms with van der Waals surface area (Å²) < 4.78 is 10.6. The fourth-order valence-corrected chi connectivity index (χ4v) is 3.59. The molecule has 1 saturated heterocycles. The van der Waals surface area contributed by atoms with E-state index < -0.39 is 0 Å². The molecule has 0 spiro atoms. The zero-order chi connectivity index (χ0) is 20.9. The van der Waals surface area contributed by atoms with Crippen LogP contribution in [0, 0.1) is 17.2 Å². The lowest BCUT2D eigenvalue weighted by atomic mass is 9.95. The molecular formula is C23H21N3O4. The van der Waals surface area contributed by atoms with Crippen LogP contribution >= 0.6 is 0 Å². The molecule has 2 aromatic rings. The Morgan fingerprint density at radius 3 is 2.67 bits per heavy atom. The highest BCUT2D eigenvalue weighted by atomic mass is 16.7. The number of hydrogen-bond donors (Lipinski definition) is 1. The van der Waals surface area contributed by atoms with E-state index in [4.69, 9.17) is 14.7 Å². The number of amides is 2. The Labute approximate surface area is 174 Å². The van der Waals surface area contributed by atoms with Crippen molar-refractivity contribution in [2.24, 2.45) is 5.92 Å². The maximum absolute atomic E-state index is 12.6. The molecule has 152 valence electrons. The average molecular weight is 403 g/mol. The molecule has 7 heteroatoms. The van der Waals surface area contributed by atoms with E-state index in [1.807, 2.05) is 6.07 Å². The highest BCUT2D eigenvalue weighted by Crippen LogP contribution is 2.34. The molecule has 2 aromatic carbocycles. The first-order valence-corrected chi connectivity index (χ1v) is 9.80. The van der Waals surface area contributed by atoms with Crippen LogP contribution in [0.5, 0.6) is 11.5 Å². The summed E-state index contributed by atoms with van der Waals surface area (Å²) >= 11 is 0. The van der Waals surface area contributed by atoms with Crippen LogP contribution in [0.15, 0.2) is 48.5 Å². The van der Waals surface area contributed by atoms with E-state index in [9.17, 15) is 9.59 Å². The second kappa shape index (κ2) is 8.70. The Bertz CT molecular complexity index is 1030. The van der Waals surface area contributed by atoms with Crippen LogP contribution in [0.25, 0.3) is 6.08 Å². The van der Waals surface area contributed by atoms with Crippen molar-refractivity contribution in [3.63, 3.8) is 0 Å². The molecule has 2 amide bonds. The minimum Gasteiger partial charge on any atom is -0.454 e. The van der Waals surface area contributed by atoms with Crippen LogP contribution in [-0.4, -0.2) is 36.6 Å². The van der Waals surface area contributed by atoms with Gasteiger partial charge in [-0.15, -0.1) is 0 Å². The van der Waals surface area contributed by atoms with Crippen molar-refractivity contribution in [3.8, 4) is 17.6 Å². The van der Waals surface area contributed by atoms with Gasteiger partial charge in [0.25, 0.3) is 0 Å². The van der Waals surface area contributed by atoms with Gasteiger partial charge in [0, 0.05) is 36.8 Å². The van der Waals surface area contributed by atoms with Crippen molar-refractivity contribution in [2.45, 2.75) is 12.8 Å². The van der Waals surface area contributed by atoms with E-state index in [-0.39, 0.29) is 24.5 Å². The Hall–Kier alpha value is -3.79. The summed E-state index contributed by atoms with van der Waals surface area (Å²) in [6, 6.07) is 14.6. The summed E-state index contributed by atoms with van der Waals surface area (Å²) in [6.45, 7) is 1.22. The van der Waals surface area contributed by atoms with Crippen LogP contribution in [-0.2, 0) is 9.59 Å². The molecule has 30 heavy (non-hydrogen) atoms. The van der Waals surface area contributed by atoms with E-state index in [2.05, 4.69) is 11.4 Å². The number of rotatable bonds is 4. The van der Waals surface area contributed by atoms with Gasteiger partial charge >= 0.3 is 0 Å². The van der Waals surface area contributed by atoms with Gasteiger partial charge in [-0.05, 0) is 42.7 Å². The molecule has 0 saturated carbocycles. The fraction of sp³-hybridized carbons (Fsp3) is 0.261. The van der Waals surface area contributed by atoms with Crippen molar-refractivity contribution >= 4 is 23.6 Å². The maximum atomic E-state index is 12.6. The Kier molecular flexibility index (Phi) is 5.66. The molecule has 1 N–H and O–H groups in total. The third kappa shape index (κ3) is 4.28. The van der Waals surface area contributed by atoms with Crippen LogP contribution < -0.4 is 14.8 Å². The van der Waals surface area contributed by atoms with Gasteiger partial charge in [0.1, 0.15) is 0 Å². The summed E-state index contributed by atoms with van der Waals surface area (Å²) in [4.78, 5) is 26.8. The highest BCUT2D eigenvalue weighted by Gasteiger charge is 2.27. The summed E-state index contributed by atoms with van der Waals surface area (Å²) in [5.74, 6) is 0.975. The van der Waals surface area contributed by atoms with Gasteiger partial charge in [-0.25, -0.2) is 0 Å². The molecule has 2 aliphatic rings. The topological polar surface area (TPSA) is 91.7 Å². The quantitative estimate of drug-likeness (QED) is 0.792. The molecule has 7 nitrogen and oxygen atoms in total. The van der Waals surface area contributed by atoms with Gasteiger partial charge in [-0.1, -0.05) is 18.2 Å². The second-order valence-corrected chi connectivity index (χ2v) is 7.19. The Morgan fingerprint density at radius 1 is 1.10 bits per heavy atom. The fourth-order valence-electron chi connectivity index (χ4n) is 3.59. The zero-order valence-corrected chi connectivity index (χ0v) is 16.3. The normalized spacial score (nSPS) is 15.8. The van der Waals surface area contributed by atoms with Crippen LogP contribution in [0.4, 0.5) is 5.69 Å². The number of nitriles is 1. The van der Waals surface area contributed by atoms with E-state index >= 15 is 0 Å². The van der Waals surface area contributed by atoms with E-state index in [1.54, 1.807) is 47.4 Å². The Balaban J connectivity index is 1.30. The maximum Gasteiger partial charge on any atom is 0.246 e. The van der Waals surface area contributed by atoms with Gasteiger partial charge < -0.3 is 19.7 Å². The highest BCUT2D eigenvalue weighted by molar-refractivity contribution is 5.94. The molecule has 0 bridgehead atoms. The summed E-state index contributed by atoms with van der Waals surface area (Å²) in [5.41, 5.74) is 1.91. The van der Waals surface area contributed by atoms with E-state index in [1.165, 1.54) is 6.08 Å². The number of fused-ring (bicyclic) bond motifs is 1. The van der Waals surface area contributed by atoms with Crippen molar-refractivity contribution in [1.29, 1.82) is 5.26 Å². The molecule has 2 aliphatic heterocycles. The molecule has 2 heterocycles. The van der Waals surface area contributed by atoms with Gasteiger partial charge in [-0.3, -0.25) is 9.59 Å². The third-order valence-electron chi connectivity index (χ3n) is 5.30. The number of likely N-dealkylation sites (tertiary alicyclic amines) is 1. The van der Waals surface area contributed by atoms with Crippen molar-refractivity contribution in [3.05, 3.63) is 59.7 Å². The predicted molar refractivity (Wildman–Crippen MR) is 111 cm³/mol. The van der Waals surface area contributed by atoms with Crippen molar-refractivity contribution in [2.75, 3.05) is 25.2 Å². The Morgan fingerprint density at radius 2 is 1.87 bits per heavy atom. The molecule has 0 atom stereocenters. The van der Waals surface area contributed by atoms with Gasteiger partial charge in [0.05, 0.1) is 11.6 Å². The number of anilines is 1. The number of carbonyl (C=O) groups is 2.